The van der Waals surface area contributed by atoms with Crippen molar-refractivity contribution >= 4 is 0 Å². The Labute approximate surface area is 62.9 Å². The van der Waals surface area contributed by atoms with Crippen LogP contribution in [0.15, 0.2) is 30.3 Å². The summed E-state index contributed by atoms with van der Waals surface area (Å²) in [6.45, 7) is 6.95. The van der Waals surface area contributed by atoms with Crippen LogP contribution in [0.1, 0.15) is 18.4 Å². The molecule has 0 heterocycles. The Hall–Kier alpha value is -0.780. The molecule has 10 heavy (non-hydrogen) atoms. The second kappa shape index (κ2) is 4.10. The van der Waals surface area contributed by atoms with E-state index in [0.717, 1.165) is 12.8 Å². The minimum absolute atomic E-state index is 0.537. The standard InChI is InChI=1S/C10H11/c1-2-3-7-10-8-5-4-6-9-10/h4-6,8-9H,2-3,7H2. The van der Waals surface area contributed by atoms with E-state index in [-0.39, 0.29) is 0 Å². The minimum atomic E-state index is 0.537. The van der Waals surface area contributed by atoms with E-state index in [2.05, 4.69) is 12.1 Å². The van der Waals surface area contributed by atoms with Crippen molar-refractivity contribution in [3.05, 3.63) is 42.8 Å². The Kier molecular flexibility index (Phi) is 3.01. The van der Waals surface area contributed by atoms with Crippen LogP contribution in [0.3, 0.4) is 0 Å². The van der Waals surface area contributed by atoms with Crippen molar-refractivity contribution in [2.24, 2.45) is 0 Å². The van der Waals surface area contributed by atoms with Gasteiger partial charge in [0.25, 0.3) is 0 Å². The molecule has 0 atom stereocenters. The van der Waals surface area contributed by atoms with E-state index in [1.807, 2.05) is 18.2 Å². The van der Waals surface area contributed by atoms with E-state index in [9.17, 15) is 0 Å². The first kappa shape index (κ1) is 7.33. The minimum Gasteiger partial charge on any atom is -0.0622 e. The normalized spacial score (nSPS) is 9.70. The highest BCUT2D eigenvalue weighted by atomic mass is 13.9. The van der Waals surface area contributed by atoms with E-state index in [4.69, 9.17) is 6.92 Å². The fourth-order valence-corrected chi connectivity index (χ4v) is 0.937. The molecule has 0 aliphatic heterocycles. The van der Waals surface area contributed by atoms with Crippen LogP contribution in [0, 0.1) is 6.92 Å². The zero-order valence-corrected chi connectivity index (χ0v) is 6.01. The maximum Gasteiger partial charge on any atom is -0.00935 e. The lowest BCUT2D eigenvalue weighted by molar-refractivity contribution is 0.841. The molecule has 0 saturated carbocycles. The number of rotatable bonds is 3. The molecule has 0 unspecified atom stereocenters. The lowest BCUT2D eigenvalue weighted by Gasteiger charge is -1.96. The average Bonchev–Trinajstić information content (AvgIpc) is 2.03. The zero-order chi connectivity index (χ0) is 7.23. The van der Waals surface area contributed by atoms with Gasteiger partial charge < -0.3 is 0 Å². The van der Waals surface area contributed by atoms with Crippen LogP contribution in [-0.2, 0) is 6.42 Å². The molecule has 0 nitrogen and oxygen atoms in total. The predicted octanol–water partition coefficient (Wildman–Crippen LogP) is 2.60. The molecule has 0 heteroatoms. The molecule has 0 aromatic heterocycles. The molecular formula is C10H11. The number of aryl methyl sites for hydroxylation is 1. The van der Waals surface area contributed by atoms with Gasteiger partial charge in [0, 0.05) is 0 Å². The summed E-state index contributed by atoms with van der Waals surface area (Å²) >= 11 is 0. The summed E-state index contributed by atoms with van der Waals surface area (Å²) in [7, 11) is 0. The Morgan fingerprint density at radius 2 is 1.80 bits per heavy atom. The summed E-state index contributed by atoms with van der Waals surface area (Å²) in [4.78, 5) is 0. The van der Waals surface area contributed by atoms with Crippen molar-refractivity contribution < 1.29 is 0 Å². The molecule has 1 aromatic carbocycles. The molecule has 0 aliphatic carbocycles. The van der Waals surface area contributed by atoms with Crippen LogP contribution in [0.4, 0.5) is 0 Å². The summed E-state index contributed by atoms with van der Waals surface area (Å²) in [5.41, 5.74) is 1.34. The molecule has 1 aromatic rings. The van der Waals surface area contributed by atoms with E-state index < -0.39 is 0 Å². The second-order valence-electron chi connectivity index (χ2n) is 2.34. The van der Waals surface area contributed by atoms with Crippen molar-refractivity contribution in [1.29, 1.82) is 0 Å². The van der Waals surface area contributed by atoms with Crippen molar-refractivity contribution in [2.75, 3.05) is 0 Å². The monoisotopic (exact) mass is 131 g/mol. The number of unbranched alkanes of at least 4 members (excludes halogenated alkanes) is 1. The van der Waals surface area contributed by atoms with E-state index in [0.29, 0.717) is 6.42 Å². The predicted molar refractivity (Wildman–Crippen MR) is 42.6 cm³/mol. The third-order valence-corrected chi connectivity index (χ3v) is 1.49. The number of hydrogen-bond acceptors (Lipinski definition) is 0. The van der Waals surface area contributed by atoms with Gasteiger partial charge in [-0.3, -0.25) is 0 Å². The first-order valence-electron chi connectivity index (χ1n) is 3.62. The Bertz CT molecular complexity index is 165. The van der Waals surface area contributed by atoms with Gasteiger partial charge in [-0.25, -0.2) is 0 Å². The highest BCUT2D eigenvalue weighted by molar-refractivity contribution is 5.14. The van der Waals surface area contributed by atoms with Crippen LogP contribution in [0.2, 0.25) is 0 Å². The van der Waals surface area contributed by atoms with Gasteiger partial charge >= 0.3 is 0 Å². The molecule has 1 rings (SSSR count). The van der Waals surface area contributed by atoms with Gasteiger partial charge in [0.2, 0.25) is 0 Å². The van der Waals surface area contributed by atoms with Crippen molar-refractivity contribution in [3.63, 3.8) is 0 Å². The van der Waals surface area contributed by atoms with Crippen molar-refractivity contribution in [1.82, 2.24) is 0 Å². The molecule has 0 saturated heterocycles. The molecule has 0 aliphatic rings. The van der Waals surface area contributed by atoms with Gasteiger partial charge in [-0.1, -0.05) is 30.3 Å². The second-order valence-corrected chi connectivity index (χ2v) is 2.34. The fraction of sp³-hybridized carbons (Fsp3) is 0.300. The van der Waals surface area contributed by atoms with E-state index in [1.165, 1.54) is 5.56 Å². The van der Waals surface area contributed by atoms with Crippen LogP contribution in [-0.4, -0.2) is 0 Å². The summed E-state index contributed by atoms with van der Waals surface area (Å²) < 4.78 is 0. The number of hydrogen-bond donors (Lipinski definition) is 0. The average molecular weight is 131 g/mol. The maximum atomic E-state index is 6.95. The van der Waals surface area contributed by atoms with E-state index >= 15 is 0 Å². The summed E-state index contributed by atoms with van der Waals surface area (Å²) in [5, 5.41) is 0. The molecule has 3 radical (unpaired) electrons. The fourth-order valence-electron chi connectivity index (χ4n) is 0.937. The summed E-state index contributed by atoms with van der Waals surface area (Å²) in [6.07, 6.45) is 2.56. The van der Waals surface area contributed by atoms with Crippen molar-refractivity contribution in [2.45, 2.75) is 19.3 Å². The van der Waals surface area contributed by atoms with Crippen LogP contribution >= 0.6 is 0 Å². The summed E-state index contributed by atoms with van der Waals surface area (Å²) in [5.74, 6) is 0. The molecule has 0 N–H and O–H groups in total. The highest BCUT2D eigenvalue weighted by Gasteiger charge is 1.87. The topological polar surface area (TPSA) is 0 Å². The Morgan fingerprint density at radius 3 is 2.40 bits per heavy atom. The molecule has 0 fully saturated rings. The molecule has 0 spiro atoms. The smallest absolute Gasteiger partial charge is 0.00935 e. The molecule has 51 valence electrons. The molecule has 0 bridgehead atoms. The van der Waals surface area contributed by atoms with Crippen LogP contribution < -0.4 is 0 Å². The van der Waals surface area contributed by atoms with Crippen LogP contribution in [0.5, 0.6) is 0 Å². The first-order chi connectivity index (χ1) is 4.93. The quantitative estimate of drug-likeness (QED) is 0.591. The third-order valence-electron chi connectivity index (χ3n) is 1.49. The highest BCUT2D eigenvalue weighted by Crippen LogP contribution is 2.02. The third kappa shape index (κ3) is 2.22. The lowest BCUT2D eigenvalue weighted by atomic mass is 10.1. The van der Waals surface area contributed by atoms with Gasteiger partial charge in [-0.15, -0.1) is 0 Å². The SMILES string of the molecule is [C]CCCc1ccccc1. The Morgan fingerprint density at radius 1 is 1.10 bits per heavy atom. The van der Waals surface area contributed by atoms with Gasteiger partial charge in [-0.05, 0) is 31.7 Å². The van der Waals surface area contributed by atoms with Gasteiger partial charge in [-0.2, -0.15) is 0 Å². The zero-order valence-electron chi connectivity index (χ0n) is 6.01. The van der Waals surface area contributed by atoms with Gasteiger partial charge in [0.1, 0.15) is 0 Å². The largest absolute Gasteiger partial charge is 0.0622 e. The molecular weight excluding hydrogens is 120 g/mol. The lowest BCUT2D eigenvalue weighted by Crippen LogP contribution is -1.81. The Balaban J connectivity index is 2.43. The maximum absolute atomic E-state index is 6.95. The number of benzene rings is 1. The molecule has 0 amide bonds. The van der Waals surface area contributed by atoms with Gasteiger partial charge in [0.15, 0.2) is 0 Å². The van der Waals surface area contributed by atoms with Gasteiger partial charge in [0.05, 0.1) is 0 Å². The van der Waals surface area contributed by atoms with Crippen LogP contribution in [0.25, 0.3) is 0 Å². The van der Waals surface area contributed by atoms with E-state index in [1.54, 1.807) is 0 Å². The van der Waals surface area contributed by atoms with Crippen molar-refractivity contribution in [3.8, 4) is 0 Å². The first-order valence-corrected chi connectivity index (χ1v) is 3.62. The summed E-state index contributed by atoms with van der Waals surface area (Å²) in [6, 6.07) is 10.3.